The first kappa shape index (κ1) is 10.4. The molecule has 0 aromatic carbocycles. The van der Waals surface area contributed by atoms with Gasteiger partial charge in [0.1, 0.15) is 6.10 Å². The highest BCUT2D eigenvalue weighted by Gasteiger charge is 2.54. The van der Waals surface area contributed by atoms with Crippen molar-refractivity contribution in [2.75, 3.05) is 0 Å². The Morgan fingerprint density at radius 3 is 2.88 bits per heavy atom. The van der Waals surface area contributed by atoms with Gasteiger partial charge in [-0.05, 0) is 30.6 Å². The van der Waals surface area contributed by atoms with Crippen LogP contribution in [0.15, 0.2) is 11.6 Å². The van der Waals surface area contributed by atoms with Gasteiger partial charge >= 0.3 is 5.97 Å². The highest BCUT2D eigenvalue weighted by Crippen LogP contribution is 2.54. The molecule has 0 unspecified atom stereocenters. The molecule has 1 saturated heterocycles. The number of rotatable bonds is 0. The van der Waals surface area contributed by atoms with Gasteiger partial charge in [-0.25, -0.2) is 0 Å². The minimum Gasteiger partial charge on any atom is -0.461 e. The fourth-order valence-electron chi connectivity index (χ4n) is 3.87. The molecule has 0 radical (unpaired) electrons. The van der Waals surface area contributed by atoms with E-state index in [2.05, 4.69) is 26.8 Å². The van der Waals surface area contributed by atoms with Crippen LogP contribution in [-0.2, 0) is 9.53 Å². The molecule has 88 valence electrons. The molecule has 16 heavy (non-hydrogen) atoms. The fraction of sp³-hybridized carbons (Fsp3) is 0.786. The van der Waals surface area contributed by atoms with Gasteiger partial charge in [0, 0.05) is 5.92 Å². The minimum atomic E-state index is 0.0609. The van der Waals surface area contributed by atoms with Crippen molar-refractivity contribution in [3.8, 4) is 0 Å². The Morgan fingerprint density at radius 1 is 1.38 bits per heavy atom. The van der Waals surface area contributed by atoms with Crippen LogP contribution >= 0.6 is 0 Å². The van der Waals surface area contributed by atoms with Crippen LogP contribution in [0.1, 0.15) is 40.0 Å². The maximum absolute atomic E-state index is 11.9. The summed E-state index contributed by atoms with van der Waals surface area (Å²) in [7, 11) is 0. The monoisotopic (exact) mass is 220 g/mol. The summed E-state index contributed by atoms with van der Waals surface area (Å²) < 4.78 is 5.56. The van der Waals surface area contributed by atoms with E-state index < -0.39 is 0 Å². The lowest BCUT2D eigenvalue weighted by Crippen LogP contribution is -2.40. The van der Waals surface area contributed by atoms with Crippen molar-refractivity contribution in [3.63, 3.8) is 0 Å². The van der Waals surface area contributed by atoms with E-state index in [-0.39, 0.29) is 23.4 Å². The van der Waals surface area contributed by atoms with E-state index in [0.29, 0.717) is 11.8 Å². The third-order valence-corrected chi connectivity index (χ3v) is 4.84. The molecule has 0 N–H and O–H groups in total. The molecule has 0 bridgehead atoms. The molecule has 2 aliphatic carbocycles. The van der Waals surface area contributed by atoms with Crippen LogP contribution in [0.5, 0.6) is 0 Å². The van der Waals surface area contributed by atoms with E-state index in [0.717, 1.165) is 19.3 Å². The maximum Gasteiger partial charge on any atom is 0.310 e. The van der Waals surface area contributed by atoms with Gasteiger partial charge in [-0.3, -0.25) is 4.79 Å². The van der Waals surface area contributed by atoms with Crippen LogP contribution in [0, 0.1) is 23.2 Å². The molecule has 0 amide bonds. The second-order valence-corrected chi connectivity index (χ2v) is 6.32. The molecule has 0 aromatic rings. The summed E-state index contributed by atoms with van der Waals surface area (Å²) in [5, 5.41) is 0. The zero-order chi connectivity index (χ0) is 11.5. The van der Waals surface area contributed by atoms with Crippen molar-refractivity contribution in [3.05, 3.63) is 11.6 Å². The first-order valence-electron chi connectivity index (χ1n) is 6.42. The molecule has 0 spiro atoms. The van der Waals surface area contributed by atoms with Gasteiger partial charge in [0.25, 0.3) is 0 Å². The van der Waals surface area contributed by atoms with Gasteiger partial charge < -0.3 is 4.74 Å². The predicted molar refractivity (Wildman–Crippen MR) is 61.7 cm³/mol. The maximum atomic E-state index is 11.9. The first-order valence-corrected chi connectivity index (χ1v) is 6.42. The smallest absolute Gasteiger partial charge is 0.310 e. The molecule has 1 heterocycles. The third kappa shape index (κ3) is 1.22. The lowest BCUT2D eigenvalue weighted by Gasteiger charge is -2.44. The Balaban J connectivity index is 2.06. The number of carbonyl (C=O) groups excluding carboxylic acids is 1. The van der Waals surface area contributed by atoms with E-state index in [1.165, 1.54) is 5.57 Å². The second kappa shape index (κ2) is 3.12. The van der Waals surface area contributed by atoms with Gasteiger partial charge in [0.2, 0.25) is 0 Å². The Morgan fingerprint density at radius 2 is 2.12 bits per heavy atom. The van der Waals surface area contributed by atoms with Gasteiger partial charge in [0.15, 0.2) is 0 Å². The normalized spacial score (nSPS) is 44.7. The van der Waals surface area contributed by atoms with Crippen LogP contribution < -0.4 is 0 Å². The molecule has 2 heteroatoms. The molecule has 2 fully saturated rings. The zero-order valence-electron chi connectivity index (χ0n) is 10.3. The van der Waals surface area contributed by atoms with Gasteiger partial charge in [0.05, 0.1) is 5.92 Å². The van der Waals surface area contributed by atoms with Crippen molar-refractivity contribution in [2.45, 2.75) is 46.1 Å². The van der Waals surface area contributed by atoms with Crippen molar-refractivity contribution < 1.29 is 9.53 Å². The molecular formula is C14H20O2. The van der Waals surface area contributed by atoms with E-state index >= 15 is 0 Å². The highest BCUT2D eigenvalue weighted by molar-refractivity contribution is 5.77. The molecule has 0 aromatic heterocycles. The number of ether oxygens (including phenoxy) is 1. The Hall–Kier alpha value is -0.790. The number of hydrogen-bond acceptors (Lipinski definition) is 2. The lowest BCUT2D eigenvalue weighted by atomic mass is 9.59. The van der Waals surface area contributed by atoms with Crippen LogP contribution in [0.25, 0.3) is 0 Å². The van der Waals surface area contributed by atoms with Crippen LogP contribution in [0.2, 0.25) is 0 Å². The summed E-state index contributed by atoms with van der Waals surface area (Å²) in [6.07, 6.45) is 5.81. The number of carbonyl (C=O) groups is 1. The zero-order valence-corrected chi connectivity index (χ0v) is 10.3. The number of esters is 1. The standard InChI is InChI=1S/C14H20O2/c1-8-4-5-9-12-10(6-7-14(9,2)3)16-13(15)11(8)12/h5,8,10-12H,4,6-7H2,1-3H3/t8-,10-,11+,12+/m1/s1. The third-order valence-electron chi connectivity index (χ3n) is 4.84. The molecule has 1 aliphatic heterocycles. The van der Waals surface area contributed by atoms with E-state index in [4.69, 9.17) is 4.74 Å². The molecule has 1 saturated carbocycles. The molecule has 2 nitrogen and oxygen atoms in total. The van der Waals surface area contributed by atoms with Gasteiger partial charge in [-0.2, -0.15) is 0 Å². The average Bonchev–Trinajstić information content (AvgIpc) is 2.54. The van der Waals surface area contributed by atoms with Crippen LogP contribution in [0.4, 0.5) is 0 Å². The second-order valence-electron chi connectivity index (χ2n) is 6.32. The van der Waals surface area contributed by atoms with Crippen LogP contribution in [0.3, 0.4) is 0 Å². The summed E-state index contributed by atoms with van der Waals surface area (Å²) in [6, 6.07) is 0. The molecule has 3 rings (SSSR count). The minimum absolute atomic E-state index is 0.0609. The van der Waals surface area contributed by atoms with Gasteiger partial charge in [-0.15, -0.1) is 0 Å². The van der Waals surface area contributed by atoms with Crippen molar-refractivity contribution in [1.29, 1.82) is 0 Å². The highest BCUT2D eigenvalue weighted by atomic mass is 16.6. The van der Waals surface area contributed by atoms with Crippen molar-refractivity contribution in [1.82, 2.24) is 0 Å². The molecule has 4 atom stereocenters. The van der Waals surface area contributed by atoms with Gasteiger partial charge in [-0.1, -0.05) is 32.4 Å². The van der Waals surface area contributed by atoms with E-state index in [1.54, 1.807) is 0 Å². The fourth-order valence-corrected chi connectivity index (χ4v) is 3.87. The summed E-state index contributed by atoms with van der Waals surface area (Å²) in [5.41, 5.74) is 1.77. The number of allylic oxidation sites excluding steroid dienone is 1. The first-order chi connectivity index (χ1) is 7.50. The van der Waals surface area contributed by atoms with Crippen molar-refractivity contribution in [2.24, 2.45) is 23.2 Å². The SMILES string of the molecule is C[C@@H]1CC=C2[C@@H]3[C@H]1C(=O)O[C@@H]3CCC2(C)C. The Bertz CT molecular complexity index is 367. The quantitative estimate of drug-likeness (QED) is 0.463. The summed E-state index contributed by atoms with van der Waals surface area (Å²) in [6.45, 7) is 6.80. The summed E-state index contributed by atoms with van der Waals surface area (Å²) >= 11 is 0. The Kier molecular flexibility index (Phi) is 2.02. The van der Waals surface area contributed by atoms with Crippen LogP contribution in [-0.4, -0.2) is 12.1 Å². The molecule has 3 aliphatic rings. The number of hydrogen-bond donors (Lipinski definition) is 0. The van der Waals surface area contributed by atoms with E-state index in [9.17, 15) is 4.79 Å². The lowest BCUT2D eigenvalue weighted by molar-refractivity contribution is -0.145. The largest absolute Gasteiger partial charge is 0.461 e. The summed E-state index contributed by atoms with van der Waals surface area (Å²) in [5.74, 6) is 1.05. The Labute approximate surface area is 97.1 Å². The average molecular weight is 220 g/mol. The molecular weight excluding hydrogens is 200 g/mol. The summed E-state index contributed by atoms with van der Waals surface area (Å²) in [4.78, 5) is 11.9. The van der Waals surface area contributed by atoms with E-state index in [1.807, 2.05) is 0 Å². The predicted octanol–water partition coefficient (Wildman–Crippen LogP) is 2.93. The topological polar surface area (TPSA) is 26.3 Å². The van der Waals surface area contributed by atoms with Crippen molar-refractivity contribution >= 4 is 5.97 Å².